The second-order valence-electron chi connectivity index (χ2n) is 8.39. The molecule has 4 aliphatic heterocycles. The van der Waals surface area contributed by atoms with Crippen molar-refractivity contribution in [3.8, 4) is 5.75 Å². The summed E-state index contributed by atoms with van der Waals surface area (Å²) in [5.74, 6) is 0.0448. The minimum absolute atomic E-state index is 0.0426. The molecule has 3 N–H and O–H groups in total. The molecule has 9 heteroatoms. The Morgan fingerprint density at radius 2 is 2.03 bits per heavy atom. The number of hydrogen-bond acceptors (Lipinski definition) is 6. The number of fused-ring (bicyclic) bond motifs is 2. The number of carbonyl (C=O) groups is 1. The molecular weight excluding hydrogens is 421 g/mol. The summed E-state index contributed by atoms with van der Waals surface area (Å²) in [4.78, 5) is 19.1. The second-order valence-corrected chi connectivity index (χ2v) is 8.82. The zero-order valence-electron chi connectivity index (χ0n) is 16.8. The van der Waals surface area contributed by atoms with Crippen molar-refractivity contribution >= 4 is 29.4 Å². The maximum atomic E-state index is 14.0. The molecule has 1 amide bonds. The van der Waals surface area contributed by atoms with Crippen molar-refractivity contribution in [1.29, 1.82) is 5.41 Å². The fraction of sp³-hybridized carbons (Fsp3) is 0.409. The summed E-state index contributed by atoms with van der Waals surface area (Å²) in [6.07, 6.45) is 7.01. The summed E-state index contributed by atoms with van der Waals surface area (Å²) in [5.41, 5.74) is 1.25. The van der Waals surface area contributed by atoms with Crippen LogP contribution >= 0.6 is 11.6 Å². The third kappa shape index (κ3) is 4.09. The van der Waals surface area contributed by atoms with Gasteiger partial charge in [-0.1, -0.05) is 11.6 Å². The van der Waals surface area contributed by atoms with Gasteiger partial charge in [-0.3, -0.25) is 4.79 Å². The highest BCUT2D eigenvalue weighted by Crippen LogP contribution is 2.32. The number of rotatable bonds is 3. The van der Waals surface area contributed by atoms with Crippen molar-refractivity contribution in [2.75, 3.05) is 13.1 Å². The number of piperidine rings is 1. The van der Waals surface area contributed by atoms with Gasteiger partial charge in [0.25, 0.3) is 5.91 Å². The van der Waals surface area contributed by atoms with E-state index in [9.17, 15) is 9.18 Å². The number of likely N-dealkylation sites (tertiary alicyclic amines) is 1. The average Bonchev–Trinajstić information content (AvgIpc) is 3.30. The average molecular weight is 444 g/mol. The number of benzene rings is 1. The van der Waals surface area contributed by atoms with E-state index in [-0.39, 0.29) is 30.9 Å². The van der Waals surface area contributed by atoms with Crippen LogP contribution in [0.1, 0.15) is 36.0 Å². The van der Waals surface area contributed by atoms with Crippen molar-refractivity contribution < 1.29 is 13.9 Å². The van der Waals surface area contributed by atoms with E-state index in [1.54, 1.807) is 11.1 Å². The maximum Gasteiger partial charge on any atom is 0.258 e. The molecule has 3 saturated heterocycles. The lowest BCUT2D eigenvalue weighted by Gasteiger charge is -2.30. The highest BCUT2D eigenvalue weighted by Gasteiger charge is 2.36. The summed E-state index contributed by atoms with van der Waals surface area (Å²) in [5, 5.41) is 15.3. The van der Waals surface area contributed by atoms with Crippen LogP contribution in [0.5, 0.6) is 5.75 Å². The van der Waals surface area contributed by atoms with Gasteiger partial charge in [0.2, 0.25) is 0 Å². The molecule has 0 radical (unpaired) electrons. The summed E-state index contributed by atoms with van der Waals surface area (Å²) in [6.45, 7) is 0.387. The van der Waals surface area contributed by atoms with Gasteiger partial charge in [-0.2, -0.15) is 0 Å². The summed E-state index contributed by atoms with van der Waals surface area (Å²) in [6, 6.07) is 4.88. The van der Waals surface area contributed by atoms with E-state index in [0.717, 1.165) is 25.7 Å². The Labute approximate surface area is 184 Å². The molecule has 0 aliphatic carbocycles. The smallest absolute Gasteiger partial charge is 0.258 e. The monoisotopic (exact) mass is 443 g/mol. The second kappa shape index (κ2) is 8.09. The third-order valence-corrected chi connectivity index (χ3v) is 6.40. The first kappa shape index (κ1) is 20.2. The third-order valence-electron chi connectivity index (χ3n) is 6.20. The van der Waals surface area contributed by atoms with Gasteiger partial charge in [0, 0.05) is 36.1 Å². The van der Waals surface area contributed by atoms with Crippen molar-refractivity contribution in [1.82, 2.24) is 15.5 Å². The molecule has 3 atom stereocenters. The van der Waals surface area contributed by atoms with Gasteiger partial charge < -0.3 is 25.7 Å². The van der Waals surface area contributed by atoms with Crippen molar-refractivity contribution in [3.63, 3.8) is 0 Å². The number of nitrogens with zero attached hydrogens (tertiary/aromatic N) is 2. The molecule has 4 heterocycles. The molecular formula is C22H23ClFN5O2. The first-order chi connectivity index (χ1) is 15.0. The number of aliphatic imine (C=N–C) groups is 1. The summed E-state index contributed by atoms with van der Waals surface area (Å²) >= 11 is 5.88. The molecule has 0 spiro atoms. The number of allylic oxidation sites excluding steroid dienone is 1. The molecule has 0 unspecified atom stereocenters. The number of carbonyl (C=O) groups excluding carboxylic acids is 1. The van der Waals surface area contributed by atoms with E-state index in [1.807, 2.05) is 0 Å². The summed E-state index contributed by atoms with van der Waals surface area (Å²) in [7, 11) is 0. The van der Waals surface area contributed by atoms with Gasteiger partial charge in [-0.15, -0.1) is 0 Å². The molecule has 7 nitrogen and oxygen atoms in total. The normalized spacial score (nSPS) is 29.7. The van der Waals surface area contributed by atoms with Gasteiger partial charge in [-0.05, 0) is 37.8 Å². The molecule has 162 valence electrons. The lowest BCUT2D eigenvalue weighted by molar-refractivity contribution is 0.0790. The van der Waals surface area contributed by atoms with Crippen molar-refractivity contribution in [2.24, 2.45) is 4.99 Å². The zero-order chi connectivity index (χ0) is 21.5. The molecule has 2 bridgehead atoms. The Bertz CT molecular complexity index is 1020. The molecule has 3 fully saturated rings. The molecule has 0 aromatic heterocycles. The van der Waals surface area contributed by atoms with E-state index in [0.29, 0.717) is 39.8 Å². The SMILES string of the molecule is N=C1CN(C(=O)c2ccc(F)cc2O[C@H]2C[C@H]3CC[C@@H](C2)N3)C/C1=C1\N=CC(Cl)=CN1. The van der Waals surface area contributed by atoms with Crippen molar-refractivity contribution in [2.45, 2.75) is 43.9 Å². The Morgan fingerprint density at radius 1 is 1.26 bits per heavy atom. The van der Waals surface area contributed by atoms with Crippen LogP contribution in [0.3, 0.4) is 0 Å². The van der Waals surface area contributed by atoms with Crippen LogP contribution in [-0.4, -0.2) is 54.0 Å². The molecule has 5 rings (SSSR count). The largest absolute Gasteiger partial charge is 0.489 e. The van der Waals surface area contributed by atoms with Crippen molar-refractivity contribution in [3.05, 3.63) is 52.2 Å². The van der Waals surface area contributed by atoms with Gasteiger partial charge in [0.1, 0.15) is 23.5 Å². The van der Waals surface area contributed by atoms with E-state index in [4.69, 9.17) is 21.7 Å². The first-order valence-electron chi connectivity index (χ1n) is 10.4. The number of hydrogen-bond donors (Lipinski definition) is 3. The summed E-state index contributed by atoms with van der Waals surface area (Å²) < 4.78 is 20.2. The molecule has 31 heavy (non-hydrogen) atoms. The predicted molar refractivity (Wildman–Crippen MR) is 116 cm³/mol. The van der Waals surface area contributed by atoms with Crippen LogP contribution in [0.25, 0.3) is 0 Å². The Balaban J connectivity index is 1.35. The van der Waals surface area contributed by atoms with Gasteiger partial charge in [-0.25, -0.2) is 9.38 Å². The van der Waals surface area contributed by atoms with Crippen LogP contribution in [-0.2, 0) is 0 Å². The van der Waals surface area contributed by atoms with Gasteiger partial charge in [0.05, 0.1) is 29.4 Å². The minimum atomic E-state index is -0.440. The molecule has 0 saturated carbocycles. The molecule has 1 aromatic carbocycles. The number of halogens is 2. The number of ether oxygens (including phenoxy) is 1. The van der Waals surface area contributed by atoms with Crippen LogP contribution in [0, 0.1) is 11.2 Å². The highest BCUT2D eigenvalue weighted by molar-refractivity contribution is 6.39. The Morgan fingerprint density at radius 3 is 2.74 bits per heavy atom. The van der Waals surface area contributed by atoms with Crippen LogP contribution < -0.4 is 15.4 Å². The van der Waals surface area contributed by atoms with Crippen LogP contribution in [0.4, 0.5) is 4.39 Å². The van der Waals surface area contributed by atoms with Gasteiger partial charge in [0.15, 0.2) is 0 Å². The van der Waals surface area contributed by atoms with Crippen LogP contribution in [0.15, 0.2) is 45.8 Å². The molecule has 1 aromatic rings. The minimum Gasteiger partial charge on any atom is -0.489 e. The van der Waals surface area contributed by atoms with Crippen LogP contribution in [0.2, 0.25) is 0 Å². The standard InChI is InChI=1S/C22H23ClFN5O2/c23-12-8-26-21(27-9-12)18-10-29(11-19(18)25)22(30)17-4-1-13(24)5-20(17)31-16-6-14-2-3-15(7-16)28-14/h1,4-5,8-9,14-16,25-26,28H,2-3,6-7,10-11H2/b21-18+,25-19?/t14-,15+,16+. The van der Waals surface area contributed by atoms with E-state index in [1.165, 1.54) is 24.4 Å². The first-order valence-corrected chi connectivity index (χ1v) is 10.8. The van der Waals surface area contributed by atoms with E-state index >= 15 is 0 Å². The maximum absolute atomic E-state index is 14.0. The lowest BCUT2D eigenvalue weighted by atomic mass is 10.0. The predicted octanol–water partition coefficient (Wildman–Crippen LogP) is 2.93. The topological polar surface area (TPSA) is 89.8 Å². The van der Waals surface area contributed by atoms with E-state index < -0.39 is 5.82 Å². The Kier molecular flexibility index (Phi) is 5.27. The fourth-order valence-electron chi connectivity index (χ4n) is 4.71. The quantitative estimate of drug-likeness (QED) is 0.670. The van der Waals surface area contributed by atoms with E-state index in [2.05, 4.69) is 15.6 Å². The van der Waals surface area contributed by atoms with Gasteiger partial charge >= 0.3 is 0 Å². The Hall–Kier alpha value is -2.71. The highest BCUT2D eigenvalue weighted by atomic mass is 35.5. The zero-order valence-corrected chi connectivity index (χ0v) is 17.6. The molecule has 4 aliphatic rings. The fourth-order valence-corrected chi connectivity index (χ4v) is 4.82. The number of nitrogens with one attached hydrogen (secondary N) is 3. The number of amides is 1. The lowest BCUT2D eigenvalue weighted by Crippen LogP contribution is -2.42.